The summed E-state index contributed by atoms with van der Waals surface area (Å²) in [7, 11) is 1.67. The van der Waals surface area contributed by atoms with Gasteiger partial charge in [-0.05, 0) is 30.7 Å². The number of carbonyl (C=O) groups excluding carboxylic acids is 1. The Kier molecular flexibility index (Phi) is 3.01. The fraction of sp³-hybridized carbons (Fsp3) is 0.167. The monoisotopic (exact) mass is 248 g/mol. The van der Waals surface area contributed by atoms with Crippen molar-refractivity contribution in [3.63, 3.8) is 0 Å². The summed E-state index contributed by atoms with van der Waals surface area (Å²) in [5, 5.41) is 6.57. The number of benzene rings is 1. The van der Waals surface area contributed by atoms with E-state index in [4.69, 9.17) is 5.73 Å². The molecule has 0 radical (unpaired) electrons. The number of nitrogens with two attached hydrogens (primary N) is 1. The first-order valence-corrected chi connectivity index (χ1v) is 5.34. The third-order valence-electron chi connectivity index (χ3n) is 2.63. The summed E-state index contributed by atoms with van der Waals surface area (Å²) in [6.07, 6.45) is 1.45. The quantitative estimate of drug-likeness (QED) is 0.849. The number of nitrogen functional groups attached to an aromatic ring is 1. The number of nitrogens with zero attached hydrogens (tertiary/aromatic N) is 2. The Morgan fingerprint density at radius 3 is 2.78 bits per heavy atom. The smallest absolute Gasteiger partial charge is 0.257 e. The molecule has 0 spiro atoms. The molecule has 1 aromatic heterocycles. The van der Waals surface area contributed by atoms with Gasteiger partial charge in [-0.3, -0.25) is 9.48 Å². The fourth-order valence-electron chi connectivity index (χ4n) is 1.66. The van der Waals surface area contributed by atoms with E-state index in [-0.39, 0.29) is 11.7 Å². The lowest BCUT2D eigenvalue weighted by atomic mass is 10.1. The van der Waals surface area contributed by atoms with Gasteiger partial charge in [0.2, 0.25) is 0 Å². The van der Waals surface area contributed by atoms with Crippen molar-refractivity contribution in [1.82, 2.24) is 9.78 Å². The number of amides is 1. The normalized spacial score (nSPS) is 10.4. The highest BCUT2D eigenvalue weighted by Crippen LogP contribution is 2.18. The first-order chi connectivity index (χ1) is 8.49. The van der Waals surface area contributed by atoms with E-state index in [1.54, 1.807) is 14.0 Å². The van der Waals surface area contributed by atoms with Crippen molar-refractivity contribution in [2.75, 3.05) is 11.1 Å². The van der Waals surface area contributed by atoms with E-state index in [1.165, 1.54) is 29.1 Å². The maximum atomic E-state index is 13.0. The van der Waals surface area contributed by atoms with Crippen LogP contribution in [0.3, 0.4) is 0 Å². The maximum absolute atomic E-state index is 13.0. The Morgan fingerprint density at radius 2 is 2.22 bits per heavy atom. The van der Waals surface area contributed by atoms with Gasteiger partial charge in [0.05, 0.1) is 11.9 Å². The van der Waals surface area contributed by atoms with Crippen LogP contribution in [0, 0.1) is 12.7 Å². The molecule has 94 valence electrons. The Bertz CT molecular complexity index is 587. The number of hydrogen-bond donors (Lipinski definition) is 2. The van der Waals surface area contributed by atoms with E-state index in [0.717, 1.165) is 0 Å². The summed E-state index contributed by atoms with van der Waals surface area (Å²) >= 11 is 0. The molecule has 1 amide bonds. The first kappa shape index (κ1) is 12.1. The van der Waals surface area contributed by atoms with Gasteiger partial charge in [0.25, 0.3) is 5.91 Å². The number of carbonyl (C=O) groups is 1. The molecule has 5 nitrogen and oxygen atoms in total. The number of aromatic nitrogens is 2. The maximum Gasteiger partial charge on any atom is 0.257 e. The molecular formula is C12H13FN4O. The lowest BCUT2D eigenvalue weighted by molar-refractivity contribution is 0.102. The van der Waals surface area contributed by atoms with Crippen LogP contribution in [0.2, 0.25) is 0 Å². The Labute approximate surface area is 103 Å². The highest BCUT2D eigenvalue weighted by atomic mass is 19.1. The van der Waals surface area contributed by atoms with Crippen molar-refractivity contribution >= 4 is 17.4 Å². The Hall–Kier alpha value is -2.37. The minimum Gasteiger partial charge on any atom is -0.394 e. The molecule has 0 aliphatic heterocycles. The molecule has 3 N–H and O–H groups in total. The highest BCUT2D eigenvalue weighted by Gasteiger charge is 2.13. The fourth-order valence-corrected chi connectivity index (χ4v) is 1.66. The van der Waals surface area contributed by atoms with Gasteiger partial charge in [-0.25, -0.2) is 4.39 Å². The van der Waals surface area contributed by atoms with Crippen LogP contribution in [-0.2, 0) is 7.05 Å². The van der Waals surface area contributed by atoms with E-state index in [9.17, 15) is 9.18 Å². The zero-order chi connectivity index (χ0) is 13.3. The van der Waals surface area contributed by atoms with Crippen LogP contribution < -0.4 is 11.1 Å². The van der Waals surface area contributed by atoms with Gasteiger partial charge in [0, 0.05) is 12.6 Å². The molecule has 2 aromatic rings. The number of anilines is 2. The van der Waals surface area contributed by atoms with Gasteiger partial charge in [0.1, 0.15) is 5.82 Å². The third-order valence-corrected chi connectivity index (χ3v) is 2.63. The van der Waals surface area contributed by atoms with Gasteiger partial charge >= 0.3 is 0 Å². The zero-order valence-corrected chi connectivity index (χ0v) is 10.1. The summed E-state index contributed by atoms with van der Waals surface area (Å²) in [5.74, 6) is -0.296. The van der Waals surface area contributed by atoms with E-state index in [0.29, 0.717) is 22.6 Å². The second kappa shape index (κ2) is 4.48. The number of halogens is 1. The summed E-state index contributed by atoms with van der Waals surface area (Å²) < 4.78 is 14.4. The van der Waals surface area contributed by atoms with Crippen molar-refractivity contribution in [1.29, 1.82) is 0 Å². The van der Waals surface area contributed by atoms with E-state index >= 15 is 0 Å². The van der Waals surface area contributed by atoms with Gasteiger partial charge in [-0.2, -0.15) is 5.10 Å². The van der Waals surface area contributed by atoms with Crippen molar-refractivity contribution in [2.45, 2.75) is 6.92 Å². The lowest BCUT2D eigenvalue weighted by Crippen LogP contribution is -2.16. The van der Waals surface area contributed by atoms with Crippen molar-refractivity contribution in [3.8, 4) is 0 Å². The topological polar surface area (TPSA) is 72.9 Å². The molecule has 0 aliphatic rings. The standard InChI is InChI=1S/C12H13FN4O/c1-7-5-8(13)3-4-9(7)12(18)16-11-10(14)6-15-17(11)2/h3-6H,14H2,1-2H3,(H,16,18). The number of hydrogen-bond acceptors (Lipinski definition) is 3. The van der Waals surface area contributed by atoms with E-state index in [2.05, 4.69) is 10.4 Å². The van der Waals surface area contributed by atoms with Crippen LogP contribution >= 0.6 is 0 Å². The molecule has 0 bridgehead atoms. The summed E-state index contributed by atoms with van der Waals surface area (Å²) in [6, 6.07) is 3.99. The van der Waals surface area contributed by atoms with Crippen LogP contribution in [0.25, 0.3) is 0 Å². The highest BCUT2D eigenvalue weighted by molar-refractivity contribution is 6.06. The van der Waals surface area contributed by atoms with Gasteiger partial charge < -0.3 is 11.1 Å². The molecule has 2 rings (SSSR count). The van der Waals surface area contributed by atoms with Crippen molar-refractivity contribution in [3.05, 3.63) is 41.3 Å². The first-order valence-electron chi connectivity index (χ1n) is 5.34. The predicted octanol–water partition coefficient (Wildman–Crippen LogP) is 1.70. The van der Waals surface area contributed by atoms with Crippen LogP contribution in [0.1, 0.15) is 15.9 Å². The Morgan fingerprint density at radius 1 is 1.50 bits per heavy atom. The Balaban J connectivity index is 2.28. The van der Waals surface area contributed by atoms with Crippen LogP contribution in [0.4, 0.5) is 15.9 Å². The molecule has 0 atom stereocenters. The summed E-state index contributed by atoms with van der Waals surface area (Å²) in [4.78, 5) is 12.0. The molecule has 0 unspecified atom stereocenters. The molecule has 18 heavy (non-hydrogen) atoms. The molecule has 1 heterocycles. The molecule has 1 aromatic carbocycles. The molecule has 0 saturated carbocycles. The molecule has 0 fully saturated rings. The van der Waals surface area contributed by atoms with Crippen LogP contribution in [0.15, 0.2) is 24.4 Å². The van der Waals surface area contributed by atoms with Crippen LogP contribution in [-0.4, -0.2) is 15.7 Å². The zero-order valence-electron chi connectivity index (χ0n) is 10.1. The molecule has 0 aliphatic carbocycles. The average Bonchev–Trinajstić information content (AvgIpc) is 2.60. The second-order valence-corrected chi connectivity index (χ2v) is 3.99. The van der Waals surface area contributed by atoms with Crippen molar-refractivity contribution < 1.29 is 9.18 Å². The van der Waals surface area contributed by atoms with Crippen molar-refractivity contribution in [2.24, 2.45) is 7.05 Å². The van der Waals surface area contributed by atoms with Crippen LogP contribution in [0.5, 0.6) is 0 Å². The number of aryl methyl sites for hydroxylation is 2. The van der Waals surface area contributed by atoms with Gasteiger partial charge in [-0.1, -0.05) is 0 Å². The molecule has 6 heteroatoms. The lowest BCUT2D eigenvalue weighted by Gasteiger charge is -2.08. The predicted molar refractivity (Wildman–Crippen MR) is 66.7 cm³/mol. The van der Waals surface area contributed by atoms with Gasteiger partial charge in [0.15, 0.2) is 5.82 Å². The minimum atomic E-state index is -0.371. The molecule has 0 saturated heterocycles. The number of rotatable bonds is 2. The third kappa shape index (κ3) is 2.17. The van der Waals surface area contributed by atoms with Gasteiger partial charge in [-0.15, -0.1) is 0 Å². The van der Waals surface area contributed by atoms with E-state index in [1.807, 2.05) is 0 Å². The second-order valence-electron chi connectivity index (χ2n) is 3.99. The minimum absolute atomic E-state index is 0.345. The largest absolute Gasteiger partial charge is 0.394 e. The van der Waals surface area contributed by atoms with E-state index < -0.39 is 0 Å². The SMILES string of the molecule is Cc1cc(F)ccc1C(=O)Nc1c(N)cnn1C. The number of nitrogens with one attached hydrogen (secondary N) is 1. The summed E-state index contributed by atoms with van der Waals surface area (Å²) in [5.41, 5.74) is 7.02. The average molecular weight is 248 g/mol. The molecular weight excluding hydrogens is 235 g/mol. The summed E-state index contributed by atoms with van der Waals surface area (Å²) in [6.45, 7) is 1.67.